The summed E-state index contributed by atoms with van der Waals surface area (Å²) in [4.78, 5) is 0. The van der Waals surface area contributed by atoms with Crippen LogP contribution in [0.2, 0.25) is 0 Å². The third kappa shape index (κ3) is 6.94. The lowest BCUT2D eigenvalue weighted by Gasteiger charge is -2.19. The third-order valence-corrected chi connectivity index (χ3v) is 3.73. The number of hydrogen-bond donors (Lipinski definition) is 0. The van der Waals surface area contributed by atoms with Gasteiger partial charge in [0.25, 0.3) is 0 Å². The molecule has 0 N–H and O–H groups in total. The smallest absolute Gasteiger partial charge is 0.0822 e. The van der Waals surface area contributed by atoms with Gasteiger partial charge in [0, 0.05) is 0 Å². The SMILES string of the molecule is [O]CCCCCCC1CCCCCCC1. The highest BCUT2D eigenvalue weighted by Crippen LogP contribution is 2.26. The summed E-state index contributed by atoms with van der Waals surface area (Å²) in [6.45, 7) is 0.128. The first-order valence-corrected chi connectivity index (χ1v) is 7.01. The van der Waals surface area contributed by atoms with Gasteiger partial charge in [0.2, 0.25) is 0 Å². The fourth-order valence-corrected chi connectivity index (χ4v) is 2.72. The van der Waals surface area contributed by atoms with Crippen LogP contribution in [0.3, 0.4) is 0 Å². The van der Waals surface area contributed by atoms with Gasteiger partial charge in [-0.3, -0.25) is 0 Å². The highest BCUT2D eigenvalue weighted by Gasteiger charge is 2.10. The zero-order valence-corrected chi connectivity index (χ0v) is 10.2. The van der Waals surface area contributed by atoms with Crippen molar-refractivity contribution in [1.29, 1.82) is 0 Å². The molecule has 0 atom stereocenters. The van der Waals surface area contributed by atoms with Crippen LogP contribution in [0.25, 0.3) is 0 Å². The summed E-state index contributed by atoms with van der Waals surface area (Å²) in [5, 5.41) is 10.3. The Morgan fingerprint density at radius 3 is 2.00 bits per heavy atom. The lowest BCUT2D eigenvalue weighted by atomic mass is 9.87. The Bertz CT molecular complexity index is 125. The van der Waals surface area contributed by atoms with Crippen molar-refractivity contribution < 1.29 is 5.11 Å². The molecule has 1 fully saturated rings. The van der Waals surface area contributed by atoms with Crippen molar-refractivity contribution in [2.45, 2.75) is 77.0 Å². The first kappa shape index (κ1) is 13.0. The van der Waals surface area contributed by atoms with Crippen LogP contribution in [-0.2, 0) is 5.11 Å². The molecule has 0 spiro atoms. The van der Waals surface area contributed by atoms with Crippen LogP contribution < -0.4 is 0 Å². The Hall–Kier alpha value is -0.0400. The summed E-state index contributed by atoms with van der Waals surface area (Å²) in [6, 6.07) is 0. The predicted octanol–water partition coefficient (Wildman–Crippen LogP) is 4.73. The van der Waals surface area contributed by atoms with Crippen molar-refractivity contribution in [3.8, 4) is 0 Å². The van der Waals surface area contributed by atoms with Crippen molar-refractivity contribution in [3.63, 3.8) is 0 Å². The van der Waals surface area contributed by atoms with Gasteiger partial charge in [0.05, 0.1) is 6.61 Å². The predicted molar refractivity (Wildman–Crippen MR) is 64.4 cm³/mol. The van der Waals surface area contributed by atoms with Crippen LogP contribution in [0.5, 0.6) is 0 Å². The maximum absolute atomic E-state index is 10.3. The molecule has 0 saturated heterocycles. The van der Waals surface area contributed by atoms with Gasteiger partial charge in [-0.25, -0.2) is 5.11 Å². The minimum absolute atomic E-state index is 0.128. The average Bonchev–Trinajstić information content (AvgIpc) is 2.20. The Balaban J connectivity index is 1.97. The van der Waals surface area contributed by atoms with E-state index in [0.29, 0.717) is 0 Å². The molecular weight excluding hydrogens is 184 g/mol. The normalized spacial score (nSPS) is 19.8. The quantitative estimate of drug-likeness (QED) is 0.566. The van der Waals surface area contributed by atoms with Crippen molar-refractivity contribution in [3.05, 3.63) is 0 Å². The molecule has 1 nitrogen and oxygen atoms in total. The summed E-state index contributed by atoms with van der Waals surface area (Å²) in [5.41, 5.74) is 0. The molecule has 1 radical (unpaired) electrons. The van der Waals surface area contributed by atoms with Gasteiger partial charge in [0.1, 0.15) is 0 Å². The van der Waals surface area contributed by atoms with E-state index in [4.69, 9.17) is 0 Å². The van der Waals surface area contributed by atoms with Crippen LogP contribution in [0.1, 0.15) is 77.0 Å². The molecule has 0 heterocycles. The molecule has 1 saturated carbocycles. The number of unbranched alkanes of at least 4 members (excludes halogenated alkanes) is 3. The topological polar surface area (TPSA) is 19.9 Å². The number of hydrogen-bond acceptors (Lipinski definition) is 0. The molecule has 0 aliphatic heterocycles. The standard InChI is InChI=1S/C14H27O/c15-13-9-5-4-8-12-14-10-6-2-1-3-7-11-14/h14H,1-13H2. The second kappa shape index (κ2) is 9.21. The van der Waals surface area contributed by atoms with Gasteiger partial charge in [-0.2, -0.15) is 0 Å². The van der Waals surface area contributed by atoms with Crippen molar-refractivity contribution in [2.75, 3.05) is 6.61 Å². The largest absolute Gasteiger partial charge is 0.237 e. The van der Waals surface area contributed by atoms with E-state index in [1.54, 1.807) is 0 Å². The summed E-state index contributed by atoms with van der Waals surface area (Å²) >= 11 is 0. The van der Waals surface area contributed by atoms with E-state index in [1.807, 2.05) is 0 Å². The van der Waals surface area contributed by atoms with E-state index < -0.39 is 0 Å². The van der Waals surface area contributed by atoms with Crippen molar-refractivity contribution in [1.82, 2.24) is 0 Å². The molecule has 1 aliphatic rings. The summed E-state index contributed by atoms with van der Waals surface area (Å²) in [6.07, 6.45) is 16.4. The highest BCUT2D eigenvalue weighted by molar-refractivity contribution is 4.64. The van der Waals surface area contributed by atoms with Crippen LogP contribution in [0, 0.1) is 5.92 Å². The van der Waals surface area contributed by atoms with E-state index in [2.05, 4.69) is 0 Å². The van der Waals surface area contributed by atoms with Crippen molar-refractivity contribution >= 4 is 0 Å². The molecule has 89 valence electrons. The second-order valence-electron chi connectivity index (χ2n) is 5.12. The van der Waals surface area contributed by atoms with Gasteiger partial charge in [-0.1, -0.05) is 70.6 Å². The maximum atomic E-state index is 10.3. The summed E-state index contributed by atoms with van der Waals surface area (Å²) in [7, 11) is 0. The molecule has 1 aliphatic carbocycles. The van der Waals surface area contributed by atoms with Crippen molar-refractivity contribution in [2.24, 2.45) is 5.92 Å². The highest BCUT2D eigenvalue weighted by atomic mass is 16.2. The Kier molecular flexibility index (Phi) is 7.99. The molecule has 1 rings (SSSR count). The maximum Gasteiger partial charge on any atom is 0.0822 e. The van der Waals surface area contributed by atoms with E-state index in [1.165, 1.54) is 64.2 Å². The third-order valence-electron chi connectivity index (χ3n) is 3.73. The summed E-state index contributed by atoms with van der Waals surface area (Å²) < 4.78 is 0. The first-order chi connectivity index (χ1) is 7.43. The van der Waals surface area contributed by atoms with Gasteiger partial charge in [0.15, 0.2) is 0 Å². The molecule has 0 aromatic heterocycles. The molecule has 0 unspecified atom stereocenters. The molecule has 0 aromatic rings. The number of rotatable bonds is 6. The van der Waals surface area contributed by atoms with Gasteiger partial charge >= 0.3 is 0 Å². The van der Waals surface area contributed by atoms with Gasteiger partial charge < -0.3 is 0 Å². The van der Waals surface area contributed by atoms with Crippen LogP contribution >= 0.6 is 0 Å². The second-order valence-corrected chi connectivity index (χ2v) is 5.12. The monoisotopic (exact) mass is 211 g/mol. The van der Waals surface area contributed by atoms with Crippen LogP contribution in [0.15, 0.2) is 0 Å². The molecule has 1 heteroatoms. The zero-order chi connectivity index (χ0) is 10.8. The lowest BCUT2D eigenvalue weighted by Crippen LogP contribution is -2.03. The Morgan fingerprint density at radius 1 is 0.733 bits per heavy atom. The summed E-state index contributed by atoms with van der Waals surface area (Å²) in [5.74, 6) is 1.01. The minimum Gasteiger partial charge on any atom is -0.237 e. The van der Waals surface area contributed by atoms with E-state index in [9.17, 15) is 5.11 Å². The van der Waals surface area contributed by atoms with E-state index >= 15 is 0 Å². The van der Waals surface area contributed by atoms with Crippen LogP contribution in [0.4, 0.5) is 0 Å². The van der Waals surface area contributed by atoms with E-state index in [-0.39, 0.29) is 6.61 Å². The minimum atomic E-state index is 0.128. The molecule has 0 aromatic carbocycles. The van der Waals surface area contributed by atoms with E-state index in [0.717, 1.165) is 18.8 Å². The molecular formula is C14H27O. The molecule has 0 bridgehead atoms. The average molecular weight is 211 g/mol. The molecule has 0 amide bonds. The fourth-order valence-electron chi connectivity index (χ4n) is 2.72. The molecule has 15 heavy (non-hydrogen) atoms. The van der Waals surface area contributed by atoms with Crippen LogP contribution in [-0.4, -0.2) is 6.61 Å². The Labute approximate surface area is 95.3 Å². The lowest BCUT2D eigenvalue weighted by molar-refractivity contribution is 0.185. The zero-order valence-electron chi connectivity index (χ0n) is 10.2. The van der Waals surface area contributed by atoms with Gasteiger partial charge in [-0.05, 0) is 12.3 Å². The fraction of sp³-hybridized carbons (Fsp3) is 1.00. The Morgan fingerprint density at radius 2 is 1.33 bits per heavy atom. The van der Waals surface area contributed by atoms with Gasteiger partial charge in [-0.15, -0.1) is 0 Å². The first-order valence-electron chi connectivity index (χ1n) is 7.01.